The molecule has 0 spiro atoms. The number of hydrogen-bond acceptors (Lipinski definition) is 3. The van der Waals surface area contributed by atoms with Crippen LogP contribution in [0, 0.1) is 0 Å². The van der Waals surface area contributed by atoms with E-state index in [-0.39, 0.29) is 12.1 Å². The second-order valence-corrected chi connectivity index (χ2v) is 3.60. The van der Waals surface area contributed by atoms with Gasteiger partial charge in [0.05, 0.1) is 13.2 Å². The number of methoxy groups -OCH3 is 1. The van der Waals surface area contributed by atoms with Gasteiger partial charge in [0, 0.05) is 6.08 Å². The van der Waals surface area contributed by atoms with Gasteiger partial charge >= 0.3 is 5.97 Å². The molecule has 3 heteroatoms. The molecular weight excluding hydrogens is 204 g/mol. The molecule has 0 aliphatic rings. The summed E-state index contributed by atoms with van der Waals surface area (Å²) in [5.41, 5.74) is 0.906. The zero-order chi connectivity index (χ0) is 12.0. The molecule has 1 rings (SSSR count). The molecule has 0 aliphatic heterocycles. The third-order valence-corrected chi connectivity index (χ3v) is 1.84. The summed E-state index contributed by atoms with van der Waals surface area (Å²) in [6.45, 7) is 3.94. The molecule has 0 aliphatic carbocycles. The zero-order valence-electron chi connectivity index (χ0n) is 9.77. The highest BCUT2D eigenvalue weighted by Gasteiger charge is 1.98. The van der Waals surface area contributed by atoms with Gasteiger partial charge in [-0.3, -0.25) is 0 Å². The van der Waals surface area contributed by atoms with Crippen molar-refractivity contribution in [2.24, 2.45) is 0 Å². The van der Waals surface area contributed by atoms with Crippen molar-refractivity contribution in [1.29, 1.82) is 0 Å². The Balaban J connectivity index is 2.74. The molecule has 0 fully saturated rings. The molecule has 0 saturated carbocycles. The van der Waals surface area contributed by atoms with Gasteiger partial charge < -0.3 is 9.47 Å². The molecule has 0 N–H and O–H groups in total. The molecule has 0 saturated heterocycles. The van der Waals surface area contributed by atoms with Gasteiger partial charge in [-0.25, -0.2) is 4.79 Å². The first kappa shape index (κ1) is 12.3. The van der Waals surface area contributed by atoms with E-state index >= 15 is 0 Å². The molecule has 0 atom stereocenters. The first-order chi connectivity index (χ1) is 7.61. The lowest BCUT2D eigenvalue weighted by Crippen LogP contribution is -2.05. The standard InChI is InChI=1S/C13H16O3/c1-10(2)16-12-6-4-5-11(9-12)7-8-13(14)15-3/h4-10H,1-3H3/b8-7+. The van der Waals surface area contributed by atoms with E-state index in [0.29, 0.717) is 0 Å². The van der Waals surface area contributed by atoms with Gasteiger partial charge in [0.15, 0.2) is 0 Å². The summed E-state index contributed by atoms with van der Waals surface area (Å²) in [6.07, 6.45) is 3.22. The van der Waals surface area contributed by atoms with Crippen molar-refractivity contribution in [3.63, 3.8) is 0 Å². The first-order valence-corrected chi connectivity index (χ1v) is 5.14. The molecule has 0 bridgehead atoms. The molecule has 1 aromatic carbocycles. The van der Waals surface area contributed by atoms with Crippen molar-refractivity contribution in [2.45, 2.75) is 20.0 Å². The number of carbonyl (C=O) groups excluding carboxylic acids is 1. The molecule has 1 aromatic rings. The maximum atomic E-state index is 10.9. The van der Waals surface area contributed by atoms with Crippen LogP contribution in [0.5, 0.6) is 5.75 Å². The molecule has 16 heavy (non-hydrogen) atoms. The van der Waals surface area contributed by atoms with Crippen molar-refractivity contribution >= 4 is 12.0 Å². The Labute approximate surface area is 95.7 Å². The third-order valence-electron chi connectivity index (χ3n) is 1.84. The van der Waals surface area contributed by atoms with Crippen LogP contribution in [-0.4, -0.2) is 19.2 Å². The van der Waals surface area contributed by atoms with Crippen LogP contribution in [0.1, 0.15) is 19.4 Å². The number of ether oxygens (including phenoxy) is 2. The van der Waals surface area contributed by atoms with Crippen molar-refractivity contribution in [3.8, 4) is 5.75 Å². The third kappa shape index (κ3) is 4.17. The molecular formula is C13H16O3. The minimum atomic E-state index is -0.366. The van der Waals surface area contributed by atoms with Gasteiger partial charge in [0.1, 0.15) is 5.75 Å². The van der Waals surface area contributed by atoms with Crippen LogP contribution in [0.25, 0.3) is 6.08 Å². The number of carbonyl (C=O) groups is 1. The summed E-state index contributed by atoms with van der Waals surface area (Å²) in [5, 5.41) is 0. The van der Waals surface area contributed by atoms with Gasteiger partial charge in [-0.1, -0.05) is 12.1 Å². The highest BCUT2D eigenvalue weighted by Crippen LogP contribution is 2.15. The van der Waals surface area contributed by atoms with Crippen LogP contribution >= 0.6 is 0 Å². The topological polar surface area (TPSA) is 35.5 Å². The molecule has 0 amide bonds. The Morgan fingerprint density at radius 1 is 1.38 bits per heavy atom. The van der Waals surface area contributed by atoms with Crippen LogP contribution in [0.15, 0.2) is 30.3 Å². The fourth-order valence-corrected chi connectivity index (χ4v) is 1.20. The predicted octanol–water partition coefficient (Wildman–Crippen LogP) is 2.66. The molecule has 3 nitrogen and oxygen atoms in total. The minimum Gasteiger partial charge on any atom is -0.491 e. The Hall–Kier alpha value is -1.77. The van der Waals surface area contributed by atoms with E-state index in [1.54, 1.807) is 6.08 Å². The number of esters is 1. The number of rotatable bonds is 4. The SMILES string of the molecule is COC(=O)/C=C/c1cccc(OC(C)C)c1. The lowest BCUT2D eigenvalue weighted by atomic mass is 10.2. The fourth-order valence-electron chi connectivity index (χ4n) is 1.20. The predicted molar refractivity (Wildman–Crippen MR) is 63.3 cm³/mol. The molecule has 0 radical (unpaired) electrons. The van der Waals surface area contributed by atoms with Gasteiger partial charge in [0.2, 0.25) is 0 Å². The van der Waals surface area contributed by atoms with Gasteiger partial charge in [0.25, 0.3) is 0 Å². The summed E-state index contributed by atoms with van der Waals surface area (Å²) in [7, 11) is 1.35. The number of hydrogen-bond donors (Lipinski definition) is 0. The average molecular weight is 220 g/mol. The molecule has 0 unspecified atom stereocenters. The quantitative estimate of drug-likeness (QED) is 0.578. The lowest BCUT2D eigenvalue weighted by molar-refractivity contribution is -0.134. The Morgan fingerprint density at radius 2 is 2.12 bits per heavy atom. The van der Waals surface area contributed by atoms with Crippen LogP contribution in [-0.2, 0) is 9.53 Å². The Bertz CT molecular complexity index is 381. The van der Waals surface area contributed by atoms with Crippen LogP contribution in [0.4, 0.5) is 0 Å². The zero-order valence-corrected chi connectivity index (χ0v) is 9.77. The largest absolute Gasteiger partial charge is 0.491 e. The van der Waals surface area contributed by atoms with Crippen molar-refractivity contribution in [1.82, 2.24) is 0 Å². The van der Waals surface area contributed by atoms with Gasteiger partial charge in [-0.2, -0.15) is 0 Å². The average Bonchev–Trinajstić information content (AvgIpc) is 2.25. The van der Waals surface area contributed by atoms with Gasteiger partial charge in [-0.05, 0) is 37.6 Å². The second kappa shape index (κ2) is 5.95. The van der Waals surface area contributed by atoms with E-state index in [1.807, 2.05) is 38.1 Å². The number of benzene rings is 1. The van der Waals surface area contributed by atoms with Crippen molar-refractivity contribution in [2.75, 3.05) is 7.11 Å². The van der Waals surface area contributed by atoms with E-state index < -0.39 is 0 Å². The van der Waals surface area contributed by atoms with Crippen molar-refractivity contribution < 1.29 is 14.3 Å². The van der Waals surface area contributed by atoms with E-state index in [4.69, 9.17) is 4.74 Å². The van der Waals surface area contributed by atoms with Crippen LogP contribution in [0.3, 0.4) is 0 Å². The summed E-state index contributed by atoms with van der Waals surface area (Å²) < 4.78 is 10.0. The Kier molecular flexibility index (Phi) is 4.58. The normalized spacial score (nSPS) is 10.8. The van der Waals surface area contributed by atoms with E-state index in [1.165, 1.54) is 13.2 Å². The van der Waals surface area contributed by atoms with E-state index in [2.05, 4.69) is 4.74 Å². The van der Waals surface area contributed by atoms with E-state index in [9.17, 15) is 4.79 Å². The van der Waals surface area contributed by atoms with Gasteiger partial charge in [-0.15, -0.1) is 0 Å². The summed E-state index contributed by atoms with van der Waals surface area (Å²) in [5.74, 6) is 0.428. The molecule has 86 valence electrons. The smallest absolute Gasteiger partial charge is 0.330 e. The lowest BCUT2D eigenvalue weighted by Gasteiger charge is -2.09. The molecule has 0 aromatic heterocycles. The summed E-state index contributed by atoms with van der Waals surface area (Å²) >= 11 is 0. The van der Waals surface area contributed by atoms with Crippen LogP contribution in [0.2, 0.25) is 0 Å². The monoisotopic (exact) mass is 220 g/mol. The first-order valence-electron chi connectivity index (χ1n) is 5.14. The Morgan fingerprint density at radius 3 is 2.75 bits per heavy atom. The minimum absolute atomic E-state index is 0.139. The maximum Gasteiger partial charge on any atom is 0.330 e. The summed E-state index contributed by atoms with van der Waals surface area (Å²) in [4.78, 5) is 10.9. The van der Waals surface area contributed by atoms with Crippen molar-refractivity contribution in [3.05, 3.63) is 35.9 Å². The highest BCUT2D eigenvalue weighted by atomic mass is 16.5. The second-order valence-electron chi connectivity index (χ2n) is 3.60. The summed E-state index contributed by atoms with van der Waals surface area (Å²) in [6, 6.07) is 7.54. The highest BCUT2D eigenvalue weighted by molar-refractivity contribution is 5.86. The fraction of sp³-hybridized carbons (Fsp3) is 0.308. The maximum absolute atomic E-state index is 10.9. The van der Waals surface area contributed by atoms with Crippen LogP contribution < -0.4 is 4.74 Å². The van der Waals surface area contributed by atoms with E-state index in [0.717, 1.165) is 11.3 Å². The molecule has 0 heterocycles.